The van der Waals surface area contributed by atoms with Crippen LogP contribution in [0.3, 0.4) is 0 Å². The molecule has 2 unspecified atom stereocenters. The van der Waals surface area contributed by atoms with E-state index in [9.17, 15) is 13.2 Å². The number of methoxy groups -OCH3 is 1. The van der Waals surface area contributed by atoms with Gasteiger partial charge in [-0.25, -0.2) is 0 Å². The van der Waals surface area contributed by atoms with E-state index >= 15 is 0 Å². The number of benzene rings is 1. The van der Waals surface area contributed by atoms with Crippen LogP contribution in [0.4, 0.5) is 13.2 Å². The Labute approximate surface area is 110 Å². The van der Waals surface area contributed by atoms with E-state index in [1.165, 1.54) is 11.9 Å². The summed E-state index contributed by atoms with van der Waals surface area (Å²) >= 11 is 0. The number of likely N-dealkylation sites (N-methyl/N-ethyl adjacent to an activating group) is 1. The van der Waals surface area contributed by atoms with E-state index in [0.717, 1.165) is 11.1 Å². The van der Waals surface area contributed by atoms with Gasteiger partial charge in [0.05, 0.1) is 13.7 Å². The fourth-order valence-electron chi connectivity index (χ4n) is 2.59. The molecule has 1 aromatic carbocycles. The average molecular weight is 274 g/mol. The van der Waals surface area contributed by atoms with Gasteiger partial charge in [-0.2, -0.15) is 13.2 Å². The second-order valence-electron chi connectivity index (χ2n) is 4.89. The average Bonchev–Trinajstić information content (AvgIpc) is 2.64. The van der Waals surface area contributed by atoms with Crippen LogP contribution in [0, 0.1) is 0 Å². The number of hydrogen-bond acceptors (Lipinski definition) is 3. The molecule has 0 saturated carbocycles. The zero-order valence-electron chi connectivity index (χ0n) is 10.9. The SMILES string of the molecule is COc1ccc2c(c1)C(N)C(N(C)CC(F)(F)F)C2. The van der Waals surface area contributed by atoms with Gasteiger partial charge in [0.25, 0.3) is 0 Å². The van der Waals surface area contributed by atoms with Crippen LogP contribution in [0.1, 0.15) is 17.2 Å². The van der Waals surface area contributed by atoms with E-state index in [2.05, 4.69) is 0 Å². The minimum absolute atomic E-state index is 0.330. The Kier molecular flexibility index (Phi) is 3.73. The third-order valence-electron chi connectivity index (χ3n) is 3.55. The monoisotopic (exact) mass is 274 g/mol. The summed E-state index contributed by atoms with van der Waals surface area (Å²) in [7, 11) is 3.01. The molecule has 19 heavy (non-hydrogen) atoms. The first-order chi connectivity index (χ1) is 8.81. The van der Waals surface area contributed by atoms with Crippen molar-refractivity contribution in [3.8, 4) is 5.75 Å². The standard InChI is InChI=1S/C13H17F3N2O/c1-18(7-13(14,15)16)11-5-8-3-4-9(19-2)6-10(8)12(11)17/h3-4,6,11-12H,5,7,17H2,1-2H3. The fourth-order valence-corrected chi connectivity index (χ4v) is 2.59. The Morgan fingerprint density at radius 3 is 2.68 bits per heavy atom. The lowest BCUT2D eigenvalue weighted by molar-refractivity contribution is -0.147. The van der Waals surface area contributed by atoms with Gasteiger partial charge in [0, 0.05) is 12.1 Å². The third-order valence-corrected chi connectivity index (χ3v) is 3.55. The molecular formula is C13H17F3N2O. The highest BCUT2D eigenvalue weighted by Gasteiger charge is 2.38. The summed E-state index contributed by atoms with van der Waals surface area (Å²) in [5, 5.41) is 0. The minimum Gasteiger partial charge on any atom is -0.497 e. The number of nitrogens with two attached hydrogens (primary N) is 1. The molecule has 2 N–H and O–H groups in total. The molecule has 0 amide bonds. The van der Waals surface area contributed by atoms with Gasteiger partial charge in [-0.3, -0.25) is 4.90 Å². The second-order valence-corrected chi connectivity index (χ2v) is 4.89. The molecule has 1 aliphatic rings. The zero-order valence-corrected chi connectivity index (χ0v) is 10.9. The highest BCUT2D eigenvalue weighted by molar-refractivity contribution is 5.42. The first kappa shape index (κ1) is 14.1. The molecule has 2 rings (SSSR count). The number of fused-ring (bicyclic) bond motifs is 1. The smallest absolute Gasteiger partial charge is 0.401 e. The normalized spacial score (nSPS) is 22.7. The molecule has 0 aromatic heterocycles. The van der Waals surface area contributed by atoms with Gasteiger partial charge in [0.15, 0.2) is 0 Å². The Morgan fingerprint density at radius 2 is 2.11 bits per heavy atom. The van der Waals surface area contributed by atoms with Crippen LogP contribution < -0.4 is 10.5 Å². The number of halogens is 3. The molecule has 0 saturated heterocycles. The largest absolute Gasteiger partial charge is 0.497 e. The highest BCUT2D eigenvalue weighted by atomic mass is 19.4. The van der Waals surface area contributed by atoms with E-state index in [4.69, 9.17) is 10.5 Å². The maximum atomic E-state index is 12.4. The predicted octanol–water partition coefficient (Wildman–Crippen LogP) is 2.11. The topological polar surface area (TPSA) is 38.5 Å². The first-order valence-electron chi connectivity index (χ1n) is 6.01. The van der Waals surface area contributed by atoms with Gasteiger partial charge >= 0.3 is 6.18 Å². The van der Waals surface area contributed by atoms with Crippen LogP contribution in [0.5, 0.6) is 5.75 Å². The van der Waals surface area contributed by atoms with Crippen molar-refractivity contribution in [2.24, 2.45) is 5.73 Å². The van der Waals surface area contributed by atoms with Gasteiger partial charge < -0.3 is 10.5 Å². The Bertz CT molecular complexity index is 462. The summed E-state index contributed by atoms with van der Waals surface area (Å²) in [6.07, 6.45) is -3.67. The summed E-state index contributed by atoms with van der Waals surface area (Å²) in [5.74, 6) is 0.674. The number of hydrogen-bond donors (Lipinski definition) is 1. The molecule has 0 bridgehead atoms. The molecule has 3 nitrogen and oxygen atoms in total. The van der Waals surface area contributed by atoms with Crippen LogP contribution >= 0.6 is 0 Å². The van der Waals surface area contributed by atoms with Crippen molar-refractivity contribution in [3.05, 3.63) is 29.3 Å². The molecule has 106 valence electrons. The van der Waals surface area contributed by atoms with E-state index in [-0.39, 0.29) is 6.04 Å². The maximum absolute atomic E-state index is 12.4. The summed E-state index contributed by atoms with van der Waals surface area (Å²) in [5.41, 5.74) is 7.94. The molecular weight excluding hydrogens is 257 g/mol. The van der Waals surface area contributed by atoms with Gasteiger partial charge in [-0.1, -0.05) is 6.07 Å². The molecule has 1 aromatic rings. The van der Waals surface area contributed by atoms with Gasteiger partial charge in [-0.15, -0.1) is 0 Å². The Morgan fingerprint density at radius 1 is 1.42 bits per heavy atom. The van der Waals surface area contributed by atoms with E-state index in [0.29, 0.717) is 12.2 Å². The third kappa shape index (κ3) is 3.01. The first-order valence-corrected chi connectivity index (χ1v) is 6.01. The van der Waals surface area contributed by atoms with Gasteiger partial charge in [0.1, 0.15) is 5.75 Å². The summed E-state index contributed by atoms with van der Waals surface area (Å²) in [4.78, 5) is 1.27. The maximum Gasteiger partial charge on any atom is 0.401 e. The van der Waals surface area contributed by atoms with Gasteiger partial charge in [-0.05, 0) is 36.7 Å². The van der Waals surface area contributed by atoms with Crippen molar-refractivity contribution < 1.29 is 17.9 Å². The summed E-state index contributed by atoms with van der Waals surface area (Å²) in [6.45, 7) is -0.948. The Balaban J connectivity index is 2.16. The molecule has 2 atom stereocenters. The summed E-state index contributed by atoms with van der Waals surface area (Å²) < 4.78 is 42.4. The molecule has 6 heteroatoms. The molecule has 0 spiro atoms. The number of alkyl halides is 3. The van der Waals surface area contributed by atoms with Crippen molar-refractivity contribution in [2.45, 2.75) is 24.7 Å². The lowest BCUT2D eigenvalue weighted by atomic mass is 10.1. The number of ether oxygens (including phenoxy) is 1. The molecule has 0 heterocycles. The predicted molar refractivity (Wildman–Crippen MR) is 66.1 cm³/mol. The van der Waals surface area contributed by atoms with Crippen LogP contribution in [-0.4, -0.2) is 37.8 Å². The van der Waals surface area contributed by atoms with Crippen molar-refractivity contribution in [3.63, 3.8) is 0 Å². The van der Waals surface area contributed by atoms with E-state index in [1.807, 2.05) is 6.07 Å². The van der Waals surface area contributed by atoms with Crippen molar-refractivity contribution in [2.75, 3.05) is 20.7 Å². The van der Waals surface area contributed by atoms with E-state index in [1.54, 1.807) is 19.2 Å². The lowest BCUT2D eigenvalue weighted by Gasteiger charge is -2.28. The van der Waals surface area contributed by atoms with Crippen LogP contribution in [-0.2, 0) is 6.42 Å². The van der Waals surface area contributed by atoms with Crippen molar-refractivity contribution >= 4 is 0 Å². The molecule has 0 radical (unpaired) electrons. The quantitative estimate of drug-likeness (QED) is 0.917. The van der Waals surface area contributed by atoms with Gasteiger partial charge in [0.2, 0.25) is 0 Å². The van der Waals surface area contributed by atoms with Crippen LogP contribution in [0.15, 0.2) is 18.2 Å². The van der Waals surface area contributed by atoms with Crippen LogP contribution in [0.2, 0.25) is 0 Å². The van der Waals surface area contributed by atoms with Crippen molar-refractivity contribution in [1.29, 1.82) is 0 Å². The fraction of sp³-hybridized carbons (Fsp3) is 0.538. The summed E-state index contributed by atoms with van der Waals surface area (Å²) in [6, 6.07) is 4.73. The highest BCUT2D eigenvalue weighted by Crippen LogP contribution is 2.35. The van der Waals surface area contributed by atoms with Crippen LogP contribution in [0.25, 0.3) is 0 Å². The zero-order chi connectivity index (χ0) is 14.2. The molecule has 0 aliphatic heterocycles. The number of nitrogens with zero attached hydrogens (tertiary/aromatic N) is 1. The minimum atomic E-state index is -4.21. The second kappa shape index (κ2) is 5.02. The Hall–Kier alpha value is -1.27. The van der Waals surface area contributed by atoms with Crippen molar-refractivity contribution in [1.82, 2.24) is 4.90 Å². The molecule has 1 aliphatic carbocycles. The number of rotatable bonds is 3. The lowest BCUT2D eigenvalue weighted by Crippen LogP contribution is -2.43. The molecule has 0 fully saturated rings. The van der Waals surface area contributed by atoms with E-state index < -0.39 is 18.8 Å².